The van der Waals surface area contributed by atoms with Gasteiger partial charge in [0, 0.05) is 31.3 Å². The van der Waals surface area contributed by atoms with Crippen LogP contribution in [0.15, 0.2) is 18.2 Å². The van der Waals surface area contributed by atoms with Crippen molar-refractivity contribution < 1.29 is 9.13 Å². The number of halogens is 1. The third-order valence-electron chi connectivity index (χ3n) is 3.63. The quantitative estimate of drug-likeness (QED) is 0.800. The Balaban J connectivity index is 1.70. The van der Waals surface area contributed by atoms with E-state index in [4.69, 9.17) is 4.74 Å². The second-order valence-electron chi connectivity index (χ2n) is 5.04. The van der Waals surface area contributed by atoms with Gasteiger partial charge in [0.15, 0.2) is 0 Å². The highest BCUT2D eigenvalue weighted by atomic mass is 19.1. The summed E-state index contributed by atoms with van der Waals surface area (Å²) in [7, 11) is 1.55. The first-order valence-electron chi connectivity index (χ1n) is 7.05. The molecule has 1 aliphatic heterocycles. The monoisotopic (exact) mass is 266 g/mol. The van der Waals surface area contributed by atoms with Crippen molar-refractivity contribution in [3.05, 3.63) is 29.6 Å². The van der Waals surface area contributed by atoms with E-state index in [1.165, 1.54) is 38.4 Å². The maximum atomic E-state index is 13.7. The molecule has 2 rings (SSSR count). The summed E-state index contributed by atoms with van der Waals surface area (Å²) >= 11 is 0. The second-order valence-corrected chi connectivity index (χ2v) is 5.04. The van der Waals surface area contributed by atoms with E-state index in [1.54, 1.807) is 19.2 Å². The molecule has 0 saturated carbocycles. The van der Waals surface area contributed by atoms with Gasteiger partial charge in [0.2, 0.25) is 0 Å². The van der Waals surface area contributed by atoms with Crippen molar-refractivity contribution in [1.82, 2.24) is 10.2 Å². The van der Waals surface area contributed by atoms with Gasteiger partial charge in [-0.15, -0.1) is 0 Å². The van der Waals surface area contributed by atoms with Crippen molar-refractivity contribution in [3.8, 4) is 5.75 Å². The van der Waals surface area contributed by atoms with Gasteiger partial charge in [-0.05, 0) is 32.0 Å². The molecule has 1 saturated heterocycles. The van der Waals surface area contributed by atoms with Crippen LogP contribution in [0.25, 0.3) is 0 Å². The zero-order valence-electron chi connectivity index (χ0n) is 11.6. The lowest BCUT2D eigenvalue weighted by Gasteiger charge is -2.26. The second kappa shape index (κ2) is 7.46. The van der Waals surface area contributed by atoms with Gasteiger partial charge in [0.25, 0.3) is 0 Å². The summed E-state index contributed by atoms with van der Waals surface area (Å²) in [5, 5.41) is 3.30. The van der Waals surface area contributed by atoms with Crippen LogP contribution in [-0.4, -0.2) is 38.2 Å². The van der Waals surface area contributed by atoms with Crippen LogP contribution in [0.1, 0.15) is 24.8 Å². The van der Waals surface area contributed by atoms with Gasteiger partial charge >= 0.3 is 0 Å². The SMILES string of the molecule is COc1ccc(CNCCN2CCCCC2)c(F)c1. The number of hydrogen-bond acceptors (Lipinski definition) is 3. The zero-order valence-corrected chi connectivity index (χ0v) is 11.6. The first-order chi connectivity index (χ1) is 9.29. The molecule has 106 valence electrons. The van der Waals surface area contributed by atoms with Gasteiger partial charge in [0.1, 0.15) is 11.6 Å². The van der Waals surface area contributed by atoms with E-state index < -0.39 is 0 Å². The van der Waals surface area contributed by atoms with E-state index in [0.29, 0.717) is 17.9 Å². The predicted octanol–water partition coefficient (Wildman–Crippen LogP) is 2.41. The summed E-state index contributed by atoms with van der Waals surface area (Å²) in [5.41, 5.74) is 0.694. The molecule has 0 atom stereocenters. The topological polar surface area (TPSA) is 24.5 Å². The molecular weight excluding hydrogens is 243 g/mol. The average Bonchev–Trinajstić information content (AvgIpc) is 2.46. The van der Waals surface area contributed by atoms with Crippen molar-refractivity contribution >= 4 is 0 Å². The Morgan fingerprint density at radius 1 is 1.26 bits per heavy atom. The van der Waals surface area contributed by atoms with Crippen molar-refractivity contribution in [2.75, 3.05) is 33.3 Å². The minimum Gasteiger partial charge on any atom is -0.497 e. The molecule has 19 heavy (non-hydrogen) atoms. The molecule has 0 bridgehead atoms. The fourth-order valence-corrected chi connectivity index (χ4v) is 2.44. The first-order valence-corrected chi connectivity index (χ1v) is 7.05. The number of methoxy groups -OCH3 is 1. The van der Waals surface area contributed by atoms with Gasteiger partial charge < -0.3 is 15.0 Å². The van der Waals surface area contributed by atoms with E-state index >= 15 is 0 Å². The number of likely N-dealkylation sites (tertiary alicyclic amines) is 1. The van der Waals surface area contributed by atoms with Crippen LogP contribution in [0.4, 0.5) is 4.39 Å². The fraction of sp³-hybridized carbons (Fsp3) is 0.600. The summed E-state index contributed by atoms with van der Waals surface area (Å²) in [6.07, 6.45) is 3.99. The number of hydrogen-bond donors (Lipinski definition) is 1. The Labute approximate surface area is 114 Å². The number of nitrogens with one attached hydrogen (secondary N) is 1. The molecule has 0 aromatic heterocycles. The molecule has 0 unspecified atom stereocenters. The van der Waals surface area contributed by atoms with Gasteiger partial charge in [0.05, 0.1) is 7.11 Å². The third-order valence-corrected chi connectivity index (χ3v) is 3.63. The van der Waals surface area contributed by atoms with Crippen LogP contribution < -0.4 is 10.1 Å². The molecule has 1 fully saturated rings. The van der Waals surface area contributed by atoms with Crippen LogP contribution in [0.3, 0.4) is 0 Å². The molecule has 0 radical (unpaired) electrons. The van der Waals surface area contributed by atoms with E-state index in [2.05, 4.69) is 10.2 Å². The van der Waals surface area contributed by atoms with Crippen LogP contribution >= 0.6 is 0 Å². The summed E-state index contributed by atoms with van der Waals surface area (Å²) in [6.45, 7) is 4.95. The van der Waals surface area contributed by atoms with Crippen LogP contribution in [0.5, 0.6) is 5.75 Å². The lowest BCUT2D eigenvalue weighted by Crippen LogP contribution is -2.35. The minimum atomic E-state index is -0.204. The number of ether oxygens (including phenoxy) is 1. The van der Waals surface area contributed by atoms with Gasteiger partial charge in [-0.25, -0.2) is 4.39 Å². The molecule has 1 N–H and O–H groups in total. The van der Waals surface area contributed by atoms with Crippen molar-refractivity contribution in [3.63, 3.8) is 0 Å². The normalized spacial score (nSPS) is 16.5. The Morgan fingerprint density at radius 2 is 2.05 bits per heavy atom. The number of piperidine rings is 1. The standard InChI is InChI=1S/C15H23FN2O/c1-19-14-6-5-13(15(16)11-14)12-17-7-10-18-8-3-2-4-9-18/h5-6,11,17H,2-4,7-10,12H2,1H3. The van der Waals surface area contributed by atoms with E-state index in [9.17, 15) is 4.39 Å². The fourth-order valence-electron chi connectivity index (χ4n) is 2.44. The van der Waals surface area contributed by atoms with Crippen molar-refractivity contribution in [1.29, 1.82) is 0 Å². The minimum absolute atomic E-state index is 0.204. The van der Waals surface area contributed by atoms with Crippen LogP contribution in [-0.2, 0) is 6.54 Å². The third kappa shape index (κ3) is 4.48. The number of benzene rings is 1. The molecule has 3 nitrogen and oxygen atoms in total. The van der Waals surface area contributed by atoms with Crippen LogP contribution in [0, 0.1) is 5.82 Å². The van der Waals surface area contributed by atoms with E-state index in [-0.39, 0.29) is 5.82 Å². The molecule has 1 aliphatic rings. The Hall–Kier alpha value is -1.13. The van der Waals surface area contributed by atoms with Gasteiger partial charge in [-0.3, -0.25) is 0 Å². The predicted molar refractivity (Wildman–Crippen MR) is 74.9 cm³/mol. The summed E-state index contributed by atoms with van der Waals surface area (Å²) in [4.78, 5) is 2.47. The maximum absolute atomic E-state index is 13.7. The van der Waals surface area contributed by atoms with Crippen molar-refractivity contribution in [2.24, 2.45) is 0 Å². The molecule has 0 amide bonds. The molecule has 1 aromatic rings. The molecule has 1 aromatic carbocycles. The Kier molecular flexibility index (Phi) is 5.61. The molecular formula is C15H23FN2O. The zero-order chi connectivity index (χ0) is 13.5. The van der Waals surface area contributed by atoms with Gasteiger partial charge in [-0.1, -0.05) is 12.5 Å². The largest absolute Gasteiger partial charge is 0.497 e. The number of nitrogens with zero attached hydrogens (tertiary/aromatic N) is 1. The highest BCUT2D eigenvalue weighted by Gasteiger charge is 2.09. The van der Waals surface area contributed by atoms with E-state index in [0.717, 1.165) is 13.1 Å². The first kappa shape index (κ1) is 14.3. The van der Waals surface area contributed by atoms with Crippen molar-refractivity contribution in [2.45, 2.75) is 25.8 Å². The lowest BCUT2D eigenvalue weighted by molar-refractivity contribution is 0.229. The Bertz CT molecular complexity index is 392. The molecule has 0 aliphatic carbocycles. The Morgan fingerprint density at radius 3 is 2.74 bits per heavy atom. The molecule has 4 heteroatoms. The average molecular weight is 266 g/mol. The number of rotatable bonds is 6. The summed E-state index contributed by atoms with van der Waals surface area (Å²) in [5.74, 6) is 0.361. The van der Waals surface area contributed by atoms with Gasteiger partial charge in [-0.2, -0.15) is 0 Å². The maximum Gasteiger partial charge on any atom is 0.131 e. The molecule has 1 heterocycles. The smallest absolute Gasteiger partial charge is 0.131 e. The highest BCUT2D eigenvalue weighted by molar-refractivity contribution is 5.28. The highest BCUT2D eigenvalue weighted by Crippen LogP contribution is 2.15. The van der Waals surface area contributed by atoms with E-state index in [1.807, 2.05) is 0 Å². The summed E-state index contributed by atoms with van der Waals surface area (Å²) in [6, 6.07) is 5.01. The molecule has 0 spiro atoms. The lowest BCUT2D eigenvalue weighted by atomic mass is 10.1. The summed E-state index contributed by atoms with van der Waals surface area (Å²) < 4.78 is 18.7. The van der Waals surface area contributed by atoms with Crippen LogP contribution in [0.2, 0.25) is 0 Å².